The number of likely N-dealkylation sites (N-methyl/N-ethyl adjacent to an activating group) is 1. The van der Waals surface area contributed by atoms with Gasteiger partial charge >= 0.3 is 12.1 Å². The van der Waals surface area contributed by atoms with E-state index in [0.29, 0.717) is 30.1 Å². The second kappa shape index (κ2) is 12.6. The summed E-state index contributed by atoms with van der Waals surface area (Å²) in [6.45, 7) is 11.8. The molecule has 196 valence electrons. The second-order valence-electron chi connectivity index (χ2n) is 9.95. The van der Waals surface area contributed by atoms with Crippen LogP contribution in [0.5, 0.6) is 5.75 Å². The number of urea groups is 2. The molecule has 2 rings (SSSR count). The van der Waals surface area contributed by atoms with Crippen molar-refractivity contribution < 1.29 is 24.2 Å². The van der Waals surface area contributed by atoms with Gasteiger partial charge in [-0.3, -0.25) is 4.79 Å². The number of carbonyl (C=O) groups is 3. The standard InChI is InChI=1S/C25H41N5O5/c1-15(2)26-24(33)28-20-8-9-21-19(10-20)11-23(32)30(18(6)14-31)12-17(5)22(35-21)13-29(7)25(34)27-16(3)4/h8-10,15-18,22,31H,11-14H2,1-7H3,(H,27,34)(H2,26,28,33)/t17-,18-,22-/m0/s1. The Bertz CT molecular complexity index is 891. The van der Waals surface area contributed by atoms with E-state index in [4.69, 9.17) is 4.74 Å². The first kappa shape index (κ1) is 28.2. The van der Waals surface area contributed by atoms with E-state index in [-0.39, 0.29) is 55.0 Å². The zero-order valence-corrected chi connectivity index (χ0v) is 21.9. The number of hydrogen-bond donors (Lipinski definition) is 4. The molecule has 1 heterocycles. The van der Waals surface area contributed by atoms with Crippen molar-refractivity contribution >= 4 is 23.7 Å². The van der Waals surface area contributed by atoms with Crippen molar-refractivity contribution in [3.63, 3.8) is 0 Å². The topological polar surface area (TPSA) is 123 Å². The molecule has 1 aromatic carbocycles. The number of amides is 5. The number of anilines is 1. The lowest BCUT2D eigenvalue weighted by Gasteiger charge is -2.34. The van der Waals surface area contributed by atoms with E-state index in [9.17, 15) is 19.5 Å². The van der Waals surface area contributed by atoms with Crippen molar-refractivity contribution in [1.82, 2.24) is 20.4 Å². The largest absolute Gasteiger partial charge is 0.488 e. The minimum Gasteiger partial charge on any atom is -0.488 e. The number of hydrogen-bond acceptors (Lipinski definition) is 5. The van der Waals surface area contributed by atoms with Gasteiger partial charge in [-0.1, -0.05) is 6.92 Å². The van der Waals surface area contributed by atoms with Gasteiger partial charge in [0.25, 0.3) is 0 Å². The van der Waals surface area contributed by atoms with E-state index in [1.807, 2.05) is 34.6 Å². The first-order chi connectivity index (χ1) is 16.4. The van der Waals surface area contributed by atoms with Crippen molar-refractivity contribution in [1.29, 1.82) is 0 Å². The smallest absolute Gasteiger partial charge is 0.319 e. The molecule has 0 radical (unpaired) electrons. The number of benzene rings is 1. The normalized spacial score (nSPS) is 19.1. The highest BCUT2D eigenvalue weighted by atomic mass is 16.5. The molecule has 5 amide bonds. The number of nitrogens with one attached hydrogen (secondary N) is 3. The number of rotatable bonds is 7. The third-order valence-electron chi connectivity index (χ3n) is 5.81. The van der Waals surface area contributed by atoms with E-state index in [1.54, 1.807) is 42.0 Å². The molecule has 3 atom stereocenters. The molecular formula is C25H41N5O5. The van der Waals surface area contributed by atoms with Gasteiger partial charge in [-0.15, -0.1) is 0 Å². The first-order valence-electron chi connectivity index (χ1n) is 12.2. The summed E-state index contributed by atoms with van der Waals surface area (Å²) in [5, 5.41) is 18.2. The highest BCUT2D eigenvalue weighted by Gasteiger charge is 2.32. The van der Waals surface area contributed by atoms with Crippen LogP contribution < -0.4 is 20.7 Å². The molecule has 0 aromatic heterocycles. The summed E-state index contributed by atoms with van der Waals surface area (Å²) in [6, 6.07) is 4.27. The molecule has 1 aliphatic heterocycles. The molecule has 1 aliphatic rings. The van der Waals surface area contributed by atoms with E-state index in [2.05, 4.69) is 16.0 Å². The van der Waals surface area contributed by atoms with Crippen molar-refractivity contribution in [3.8, 4) is 5.75 Å². The molecule has 0 fully saturated rings. The predicted octanol–water partition coefficient (Wildman–Crippen LogP) is 2.42. The molecule has 4 N–H and O–H groups in total. The summed E-state index contributed by atoms with van der Waals surface area (Å²) < 4.78 is 6.40. The summed E-state index contributed by atoms with van der Waals surface area (Å²) in [4.78, 5) is 41.2. The number of carbonyl (C=O) groups excluding carboxylic acids is 3. The third-order valence-corrected chi connectivity index (χ3v) is 5.81. The fourth-order valence-electron chi connectivity index (χ4n) is 3.86. The van der Waals surface area contributed by atoms with Crippen LogP contribution in [0.25, 0.3) is 0 Å². The lowest BCUT2D eigenvalue weighted by Crippen LogP contribution is -2.49. The molecule has 0 aliphatic carbocycles. The second-order valence-corrected chi connectivity index (χ2v) is 9.95. The summed E-state index contributed by atoms with van der Waals surface area (Å²) in [6.07, 6.45) is -0.344. The van der Waals surface area contributed by atoms with Crippen LogP contribution in [0.15, 0.2) is 18.2 Å². The van der Waals surface area contributed by atoms with Crippen LogP contribution in [0.2, 0.25) is 0 Å². The van der Waals surface area contributed by atoms with Crippen LogP contribution in [0.4, 0.5) is 15.3 Å². The summed E-state index contributed by atoms with van der Waals surface area (Å²) in [5.41, 5.74) is 1.17. The quantitative estimate of drug-likeness (QED) is 0.466. The highest BCUT2D eigenvalue weighted by molar-refractivity contribution is 5.90. The van der Waals surface area contributed by atoms with Gasteiger partial charge in [0, 0.05) is 42.8 Å². The Balaban J connectivity index is 2.38. The molecule has 10 heteroatoms. The van der Waals surface area contributed by atoms with Gasteiger partial charge in [0.2, 0.25) is 5.91 Å². The fourth-order valence-corrected chi connectivity index (χ4v) is 3.86. The molecule has 0 saturated carbocycles. The molecule has 0 bridgehead atoms. The lowest BCUT2D eigenvalue weighted by atomic mass is 10.0. The molecule has 10 nitrogen and oxygen atoms in total. The highest BCUT2D eigenvalue weighted by Crippen LogP contribution is 2.29. The van der Waals surface area contributed by atoms with Gasteiger partial charge in [-0.2, -0.15) is 0 Å². The van der Waals surface area contributed by atoms with Gasteiger partial charge in [0.1, 0.15) is 11.9 Å². The van der Waals surface area contributed by atoms with E-state index >= 15 is 0 Å². The zero-order valence-electron chi connectivity index (χ0n) is 21.9. The Morgan fingerprint density at radius 3 is 2.43 bits per heavy atom. The fraction of sp³-hybridized carbons (Fsp3) is 0.640. The Hall–Kier alpha value is -3.01. The average Bonchev–Trinajstić information content (AvgIpc) is 2.80. The van der Waals surface area contributed by atoms with Crippen LogP contribution >= 0.6 is 0 Å². The summed E-state index contributed by atoms with van der Waals surface area (Å²) in [5.74, 6) is 0.266. The van der Waals surface area contributed by atoms with E-state index in [1.165, 1.54) is 0 Å². The SMILES string of the molecule is CC(C)NC(=O)Nc1ccc2c(c1)CC(=O)N([C@@H](C)CO)C[C@H](C)[C@H](CN(C)C(=O)NC(C)C)O2. The lowest BCUT2D eigenvalue weighted by molar-refractivity contribution is -0.134. The predicted molar refractivity (Wildman–Crippen MR) is 136 cm³/mol. The summed E-state index contributed by atoms with van der Waals surface area (Å²) in [7, 11) is 1.71. The maximum atomic E-state index is 13.3. The van der Waals surface area contributed by atoms with Crippen LogP contribution in [0.3, 0.4) is 0 Å². The first-order valence-corrected chi connectivity index (χ1v) is 12.2. The molecule has 35 heavy (non-hydrogen) atoms. The van der Waals surface area contributed by atoms with Crippen LogP contribution in [0.1, 0.15) is 47.1 Å². The average molecular weight is 492 g/mol. The Morgan fingerprint density at radius 1 is 1.17 bits per heavy atom. The number of nitrogens with zero attached hydrogens (tertiary/aromatic N) is 2. The van der Waals surface area contributed by atoms with Gasteiger partial charge in [-0.25, -0.2) is 9.59 Å². The Labute approximate surface area is 208 Å². The van der Waals surface area contributed by atoms with E-state index in [0.717, 1.165) is 0 Å². The number of aliphatic hydroxyl groups is 1. The molecular weight excluding hydrogens is 450 g/mol. The molecule has 0 spiro atoms. The van der Waals surface area contributed by atoms with Gasteiger partial charge in [-0.05, 0) is 52.8 Å². The van der Waals surface area contributed by atoms with Crippen molar-refractivity contribution in [3.05, 3.63) is 23.8 Å². The minimum atomic E-state index is -0.404. The van der Waals surface area contributed by atoms with Crippen molar-refractivity contribution in [2.75, 3.05) is 32.1 Å². The number of aliphatic hydroxyl groups excluding tert-OH is 1. The van der Waals surface area contributed by atoms with Gasteiger partial charge in [0.15, 0.2) is 0 Å². The van der Waals surface area contributed by atoms with Crippen LogP contribution in [-0.2, 0) is 11.2 Å². The van der Waals surface area contributed by atoms with Crippen molar-refractivity contribution in [2.45, 2.75) is 72.2 Å². The summed E-state index contributed by atoms with van der Waals surface area (Å²) >= 11 is 0. The third kappa shape index (κ3) is 8.31. The Kier molecular flexibility index (Phi) is 10.2. The molecule has 0 unspecified atom stereocenters. The number of ether oxygens (including phenoxy) is 1. The van der Waals surface area contributed by atoms with E-state index < -0.39 is 6.10 Å². The minimum absolute atomic E-state index is 0.00175. The Morgan fingerprint density at radius 2 is 1.83 bits per heavy atom. The maximum Gasteiger partial charge on any atom is 0.319 e. The van der Waals surface area contributed by atoms with Crippen LogP contribution in [-0.4, -0.2) is 83.8 Å². The maximum absolute atomic E-state index is 13.3. The molecule has 1 aromatic rings. The monoisotopic (exact) mass is 491 g/mol. The van der Waals surface area contributed by atoms with Gasteiger partial charge < -0.3 is 35.6 Å². The number of fused-ring (bicyclic) bond motifs is 1. The zero-order chi connectivity index (χ0) is 26.3. The molecule has 0 saturated heterocycles. The van der Waals surface area contributed by atoms with Gasteiger partial charge in [0.05, 0.1) is 25.6 Å². The van der Waals surface area contributed by atoms with Crippen LogP contribution in [0, 0.1) is 5.92 Å². The van der Waals surface area contributed by atoms with Crippen molar-refractivity contribution in [2.24, 2.45) is 5.92 Å².